The third-order valence-corrected chi connectivity index (χ3v) is 8.21. The van der Waals surface area contributed by atoms with Gasteiger partial charge in [0.2, 0.25) is 5.52 Å². The lowest BCUT2D eigenvalue weighted by molar-refractivity contribution is -0.633. The zero-order valence-electron chi connectivity index (χ0n) is 19.9. The molecule has 0 amide bonds. The van der Waals surface area contributed by atoms with E-state index in [2.05, 4.69) is 87.8 Å². The van der Waals surface area contributed by atoms with Gasteiger partial charge in [0.05, 0.1) is 10.9 Å². The average Bonchev–Trinajstić information content (AvgIpc) is 2.77. The topological polar surface area (TPSA) is 13.1 Å². The Morgan fingerprint density at radius 3 is 2.47 bits per heavy atom. The molecule has 0 unspecified atom stereocenters. The van der Waals surface area contributed by atoms with Crippen LogP contribution in [0.25, 0.3) is 32.9 Å². The Morgan fingerprint density at radius 2 is 1.69 bits per heavy atom. The van der Waals surface area contributed by atoms with Crippen LogP contribution in [0.15, 0.2) is 48.5 Å². The Kier molecular flexibility index (Phi) is 4.21. The summed E-state index contributed by atoms with van der Waals surface area (Å²) in [6, 6.07) is 17.9. The van der Waals surface area contributed by atoms with Crippen molar-refractivity contribution >= 4 is 21.7 Å². The first-order valence-electron chi connectivity index (χ1n) is 12.0. The van der Waals surface area contributed by atoms with Gasteiger partial charge in [0.25, 0.3) is 5.69 Å². The van der Waals surface area contributed by atoms with Crippen molar-refractivity contribution < 1.29 is 9.30 Å². The first kappa shape index (κ1) is 19.8. The van der Waals surface area contributed by atoms with Crippen molar-refractivity contribution in [3.8, 4) is 22.8 Å². The Hall–Kier alpha value is -2.87. The van der Waals surface area contributed by atoms with Crippen LogP contribution >= 0.6 is 0 Å². The maximum atomic E-state index is 6.59. The van der Waals surface area contributed by atoms with Crippen molar-refractivity contribution in [2.24, 2.45) is 12.5 Å². The summed E-state index contributed by atoms with van der Waals surface area (Å²) in [5.74, 6) is 2.59. The van der Waals surface area contributed by atoms with Crippen molar-refractivity contribution in [3.05, 3.63) is 65.2 Å². The minimum atomic E-state index is 0.478. The van der Waals surface area contributed by atoms with Gasteiger partial charge in [0.15, 0.2) is 5.75 Å². The van der Waals surface area contributed by atoms with Gasteiger partial charge >= 0.3 is 0 Å². The Morgan fingerprint density at radius 1 is 0.938 bits per heavy atom. The van der Waals surface area contributed by atoms with Crippen molar-refractivity contribution in [1.82, 2.24) is 0 Å². The molecule has 0 saturated heterocycles. The molecule has 0 spiro atoms. The molecule has 1 fully saturated rings. The van der Waals surface area contributed by atoms with Gasteiger partial charge in [-0.2, -0.15) is 4.57 Å². The molecule has 0 N–H and O–H groups in total. The Balaban J connectivity index is 1.61. The number of aromatic nitrogens is 1. The van der Waals surface area contributed by atoms with Gasteiger partial charge in [-0.3, -0.25) is 0 Å². The first-order chi connectivity index (χ1) is 15.3. The minimum Gasteiger partial charge on any atom is -0.450 e. The third-order valence-electron chi connectivity index (χ3n) is 8.21. The predicted molar refractivity (Wildman–Crippen MR) is 133 cm³/mol. The molecular formula is C30H32NO+. The molecule has 1 aliphatic carbocycles. The quantitative estimate of drug-likeness (QED) is 0.250. The maximum Gasteiger partial charge on any atom is 0.256 e. The summed E-state index contributed by atoms with van der Waals surface area (Å²) >= 11 is 0. The normalized spacial score (nSPS) is 17.4. The van der Waals surface area contributed by atoms with Crippen LogP contribution in [-0.4, -0.2) is 0 Å². The molecule has 2 aliphatic rings. The highest BCUT2D eigenvalue weighted by molar-refractivity contribution is 6.05. The molecule has 0 radical (unpaired) electrons. The molecule has 0 atom stereocenters. The van der Waals surface area contributed by atoms with Crippen LogP contribution in [0.2, 0.25) is 0 Å². The lowest BCUT2D eigenvalue weighted by Crippen LogP contribution is -2.34. The largest absolute Gasteiger partial charge is 0.450 e. The van der Waals surface area contributed by atoms with Crippen molar-refractivity contribution in [1.29, 1.82) is 0 Å². The van der Waals surface area contributed by atoms with Crippen LogP contribution in [-0.2, 0) is 7.05 Å². The van der Waals surface area contributed by atoms with E-state index in [0.29, 0.717) is 11.3 Å². The van der Waals surface area contributed by atoms with Crippen molar-refractivity contribution in [2.45, 2.75) is 59.3 Å². The van der Waals surface area contributed by atoms with E-state index in [9.17, 15) is 0 Å². The van der Waals surface area contributed by atoms with E-state index in [-0.39, 0.29) is 0 Å². The Labute approximate surface area is 190 Å². The van der Waals surface area contributed by atoms with E-state index in [0.717, 1.165) is 11.5 Å². The van der Waals surface area contributed by atoms with Crippen molar-refractivity contribution in [3.63, 3.8) is 0 Å². The predicted octanol–water partition coefficient (Wildman–Crippen LogP) is 7.89. The number of hydrogen-bond acceptors (Lipinski definition) is 1. The molecule has 2 nitrogen and oxygen atoms in total. The molecule has 1 aliphatic heterocycles. The fourth-order valence-corrected chi connectivity index (χ4v) is 6.10. The first-order valence-corrected chi connectivity index (χ1v) is 12.0. The molecule has 1 aromatic heterocycles. The van der Waals surface area contributed by atoms with E-state index in [1.54, 1.807) is 0 Å². The fraction of sp³-hybridized carbons (Fsp3) is 0.367. The zero-order valence-corrected chi connectivity index (χ0v) is 19.9. The van der Waals surface area contributed by atoms with Gasteiger partial charge in [0.1, 0.15) is 12.8 Å². The fourth-order valence-electron chi connectivity index (χ4n) is 6.10. The summed E-state index contributed by atoms with van der Waals surface area (Å²) in [6.45, 7) is 9.30. The number of pyridine rings is 1. The molecule has 1 saturated carbocycles. The number of ether oxygens (including phenoxy) is 1. The molecule has 3 aromatic carbocycles. The van der Waals surface area contributed by atoms with Crippen LogP contribution in [0.4, 0.5) is 0 Å². The highest BCUT2D eigenvalue weighted by atomic mass is 16.5. The van der Waals surface area contributed by atoms with Gasteiger partial charge < -0.3 is 4.74 Å². The summed E-state index contributed by atoms with van der Waals surface area (Å²) in [5, 5.41) is 3.84. The molecule has 2 heterocycles. The second-order valence-corrected chi connectivity index (χ2v) is 10.8. The van der Waals surface area contributed by atoms with Gasteiger partial charge in [0, 0.05) is 17.5 Å². The van der Waals surface area contributed by atoms with E-state index in [1.807, 2.05) is 0 Å². The van der Waals surface area contributed by atoms with Crippen LogP contribution in [0.5, 0.6) is 11.5 Å². The van der Waals surface area contributed by atoms with E-state index >= 15 is 0 Å². The molecule has 162 valence electrons. The highest BCUT2D eigenvalue weighted by Gasteiger charge is 2.33. The number of nitrogens with zero attached hydrogens (tertiary/aromatic N) is 1. The number of fused-ring (bicyclic) bond motifs is 3. The SMILES string of the molecule is Cc1cc2cccc3c2c(c1C)-c1c(cc2c(C4CCC(C)(C)CC4)cccc2[n+]1C)O3. The lowest BCUT2D eigenvalue weighted by atomic mass is 9.71. The van der Waals surface area contributed by atoms with Crippen LogP contribution < -0.4 is 9.30 Å². The van der Waals surface area contributed by atoms with Gasteiger partial charge in [-0.25, -0.2) is 0 Å². The summed E-state index contributed by atoms with van der Waals surface area (Å²) < 4.78 is 8.96. The summed E-state index contributed by atoms with van der Waals surface area (Å²) in [5.41, 5.74) is 8.46. The monoisotopic (exact) mass is 422 g/mol. The molecule has 6 rings (SSSR count). The second kappa shape index (κ2) is 6.81. The number of aryl methyl sites for hydroxylation is 2. The van der Waals surface area contributed by atoms with Crippen LogP contribution in [0.3, 0.4) is 0 Å². The zero-order chi connectivity index (χ0) is 22.2. The summed E-state index contributed by atoms with van der Waals surface area (Å²) in [6.07, 6.45) is 5.15. The van der Waals surface area contributed by atoms with Gasteiger partial charge in [-0.05, 0) is 79.0 Å². The molecule has 2 heteroatoms. The van der Waals surface area contributed by atoms with Gasteiger partial charge in [-0.1, -0.05) is 44.2 Å². The third kappa shape index (κ3) is 2.81. The van der Waals surface area contributed by atoms with Crippen LogP contribution in [0.1, 0.15) is 62.1 Å². The van der Waals surface area contributed by atoms with Crippen LogP contribution in [0, 0.1) is 19.3 Å². The molecule has 32 heavy (non-hydrogen) atoms. The van der Waals surface area contributed by atoms with E-state index in [1.165, 1.54) is 75.3 Å². The number of benzene rings is 3. The Bertz CT molecular complexity index is 1400. The number of rotatable bonds is 1. The molecule has 4 aromatic rings. The minimum absolute atomic E-state index is 0.478. The molecule has 0 bridgehead atoms. The van der Waals surface area contributed by atoms with Gasteiger partial charge in [-0.15, -0.1) is 0 Å². The maximum absolute atomic E-state index is 6.59. The van der Waals surface area contributed by atoms with E-state index in [4.69, 9.17) is 4.74 Å². The number of hydrogen-bond donors (Lipinski definition) is 0. The van der Waals surface area contributed by atoms with E-state index < -0.39 is 0 Å². The molecular weight excluding hydrogens is 390 g/mol. The standard InChI is InChI=1S/C30H32NO/c1-18-16-21-8-6-11-25-28(21)27(19(18)2)29-26(32-25)17-23-22(9-7-10-24(23)31(29)5)20-12-14-30(3,4)15-13-20/h6-11,16-17,20H,12-15H2,1-5H3/q+1. The lowest BCUT2D eigenvalue weighted by Gasteiger charge is -2.34. The second-order valence-electron chi connectivity index (χ2n) is 10.8. The summed E-state index contributed by atoms with van der Waals surface area (Å²) in [4.78, 5) is 0. The highest BCUT2D eigenvalue weighted by Crippen LogP contribution is 2.49. The van der Waals surface area contributed by atoms with Crippen molar-refractivity contribution in [2.75, 3.05) is 0 Å². The summed E-state index contributed by atoms with van der Waals surface area (Å²) in [7, 11) is 2.21. The average molecular weight is 423 g/mol. The smallest absolute Gasteiger partial charge is 0.256 e.